The normalized spacial score (nSPS) is 14.0. The lowest BCUT2D eigenvalue weighted by molar-refractivity contribution is -0.870. The van der Waals surface area contributed by atoms with Gasteiger partial charge >= 0.3 is 19.8 Å². The fourth-order valence-electron chi connectivity index (χ4n) is 4.72. The predicted molar refractivity (Wildman–Crippen MR) is 183 cm³/mol. The second kappa shape index (κ2) is 28.9. The first-order valence-corrected chi connectivity index (χ1v) is 19.4. The second-order valence-electron chi connectivity index (χ2n) is 13.2. The molecule has 45 heavy (non-hydrogen) atoms. The van der Waals surface area contributed by atoms with Crippen LogP contribution in [-0.4, -0.2) is 74.9 Å². The Labute approximate surface area is 276 Å². The molecule has 0 saturated carbocycles. The van der Waals surface area contributed by atoms with Crippen LogP contribution >= 0.6 is 7.82 Å². The SMILES string of the molecule is CC/C=C\CCCCCCCC(=O)O[C@@H](COC(=O)CCCCCCCCCCCCCC)COP(=O)(O)OCC[N+](C)(C)C. The number of allylic oxidation sites excluding steroid dienone is 2. The summed E-state index contributed by atoms with van der Waals surface area (Å²) in [7, 11) is 1.47. The Morgan fingerprint density at radius 2 is 1.20 bits per heavy atom. The van der Waals surface area contributed by atoms with Crippen LogP contribution in [0.2, 0.25) is 0 Å². The van der Waals surface area contributed by atoms with E-state index in [4.69, 9.17) is 18.5 Å². The predicted octanol–water partition coefficient (Wildman–Crippen LogP) is 9.07. The summed E-state index contributed by atoms with van der Waals surface area (Å²) in [5, 5.41) is 0. The van der Waals surface area contributed by atoms with E-state index in [2.05, 4.69) is 26.0 Å². The molecule has 266 valence electrons. The van der Waals surface area contributed by atoms with E-state index in [9.17, 15) is 19.0 Å². The summed E-state index contributed by atoms with van der Waals surface area (Å²) in [6.07, 6.45) is 25.5. The third-order valence-corrected chi connectivity index (χ3v) is 8.54. The number of esters is 2. The molecule has 1 N–H and O–H groups in total. The molecule has 0 aromatic rings. The van der Waals surface area contributed by atoms with Crippen LogP contribution in [0.4, 0.5) is 0 Å². The van der Waals surface area contributed by atoms with Crippen LogP contribution in [0, 0.1) is 0 Å². The van der Waals surface area contributed by atoms with E-state index >= 15 is 0 Å². The minimum absolute atomic E-state index is 0.0324. The highest BCUT2D eigenvalue weighted by Crippen LogP contribution is 2.43. The average Bonchev–Trinajstić information content (AvgIpc) is 2.97. The van der Waals surface area contributed by atoms with Gasteiger partial charge in [0, 0.05) is 12.8 Å². The van der Waals surface area contributed by atoms with Crippen molar-refractivity contribution in [2.45, 2.75) is 155 Å². The number of rotatable bonds is 32. The van der Waals surface area contributed by atoms with E-state index in [0.29, 0.717) is 23.9 Å². The molecule has 0 aliphatic carbocycles. The molecule has 2 atom stereocenters. The highest BCUT2D eigenvalue weighted by molar-refractivity contribution is 7.47. The van der Waals surface area contributed by atoms with Crippen molar-refractivity contribution in [2.75, 3.05) is 47.5 Å². The monoisotopic (exact) mass is 662 g/mol. The van der Waals surface area contributed by atoms with E-state index < -0.39 is 26.5 Å². The summed E-state index contributed by atoms with van der Waals surface area (Å²) in [6.45, 7) is 4.28. The number of likely N-dealkylation sites (N-methyl/N-ethyl adjacent to an activating group) is 1. The summed E-state index contributed by atoms with van der Waals surface area (Å²) in [5.41, 5.74) is 0. The number of hydrogen-bond donors (Lipinski definition) is 1. The van der Waals surface area contributed by atoms with Gasteiger partial charge in [0.1, 0.15) is 19.8 Å². The van der Waals surface area contributed by atoms with Gasteiger partial charge in [-0.15, -0.1) is 0 Å². The maximum atomic E-state index is 12.5. The number of nitrogens with zero attached hydrogens (tertiary/aromatic N) is 1. The molecule has 9 nitrogen and oxygen atoms in total. The third-order valence-electron chi connectivity index (χ3n) is 7.56. The molecule has 0 heterocycles. The Bertz CT molecular complexity index is 799. The first kappa shape index (κ1) is 43.8. The number of carbonyl (C=O) groups excluding carboxylic acids is 2. The van der Waals surface area contributed by atoms with Gasteiger partial charge in [0.25, 0.3) is 0 Å². The molecule has 0 bridgehead atoms. The molecule has 0 aliphatic heterocycles. The zero-order valence-corrected chi connectivity index (χ0v) is 30.5. The lowest BCUT2D eigenvalue weighted by atomic mass is 10.0. The Morgan fingerprint density at radius 1 is 0.689 bits per heavy atom. The Morgan fingerprint density at radius 3 is 1.73 bits per heavy atom. The van der Waals surface area contributed by atoms with E-state index in [1.165, 1.54) is 57.8 Å². The number of carbonyl (C=O) groups is 2. The highest BCUT2D eigenvalue weighted by Gasteiger charge is 2.27. The minimum Gasteiger partial charge on any atom is -0.462 e. The van der Waals surface area contributed by atoms with Crippen molar-refractivity contribution >= 4 is 19.8 Å². The minimum atomic E-state index is -4.36. The quantitative estimate of drug-likeness (QED) is 0.0250. The van der Waals surface area contributed by atoms with Crippen LogP contribution in [0.5, 0.6) is 0 Å². The maximum Gasteiger partial charge on any atom is 0.472 e. The fraction of sp³-hybridized carbons (Fsp3) is 0.886. The van der Waals surface area contributed by atoms with Gasteiger partial charge in [-0.25, -0.2) is 4.57 Å². The maximum absolute atomic E-state index is 12.5. The molecule has 0 aromatic heterocycles. The van der Waals surface area contributed by atoms with Crippen molar-refractivity contribution < 1.29 is 42.1 Å². The molecule has 0 rings (SSSR count). The summed E-state index contributed by atoms with van der Waals surface area (Å²) in [5.74, 6) is -0.812. The molecule has 0 saturated heterocycles. The van der Waals surface area contributed by atoms with Gasteiger partial charge < -0.3 is 18.9 Å². The molecular formula is C35H69NO8P+. The Kier molecular flexibility index (Phi) is 28.1. The standard InChI is InChI=1S/C35H68NO8P/c1-6-8-10-12-14-16-17-18-20-21-23-25-27-34(37)41-31-33(32-43-45(39,40)42-30-29-36(3,4)5)44-35(38)28-26-24-22-19-15-13-11-9-7-2/h9,11,33H,6-8,10,12-32H2,1-5H3/p+1/b11-9-/t33-/m0/s1. The molecular weight excluding hydrogens is 593 g/mol. The van der Waals surface area contributed by atoms with Crippen LogP contribution < -0.4 is 0 Å². The zero-order chi connectivity index (χ0) is 33.7. The number of quaternary nitrogens is 1. The number of unbranched alkanes of at least 4 members (excludes halogenated alkanes) is 16. The summed E-state index contributed by atoms with van der Waals surface area (Å²) < 4.78 is 34.0. The molecule has 0 aromatic carbocycles. The summed E-state index contributed by atoms with van der Waals surface area (Å²) in [4.78, 5) is 35.0. The molecule has 1 unspecified atom stereocenters. The molecule has 0 amide bonds. The van der Waals surface area contributed by atoms with Gasteiger partial charge in [0.15, 0.2) is 6.10 Å². The van der Waals surface area contributed by atoms with E-state index in [1.807, 2.05) is 21.1 Å². The van der Waals surface area contributed by atoms with Crippen molar-refractivity contribution in [3.63, 3.8) is 0 Å². The Balaban J connectivity index is 4.45. The topological polar surface area (TPSA) is 108 Å². The van der Waals surface area contributed by atoms with Crippen molar-refractivity contribution in [1.82, 2.24) is 0 Å². The van der Waals surface area contributed by atoms with Gasteiger partial charge in [0.2, 0.25) is 0 Å². The van der Waals surface area contributed by atoms with Crippen molar-refractivity contribution in [1.29, 1.82) is 0 Å². The van der Waals surface area contributed by atoms with Crippen LogP contribution in [0.3, 0.4) is 0 Å². The van der Waals surface area contributed by atoms with E-state index in [0.717, 1.165) is 57.8 Å². The average molecular weight is 663 g/mol. The summed E-state index contributed by atoms with van der Waals surface area (Å²) in [6, 6.07) is 0. The van der Waals surface area contributed by atoms with Crippen LogP contribution in [0.15, 0.2) is 12.2 Å². The van der Waals surface area contributed by atoms with Crippen LogP contribution in [0.25, 0.3) is 0 Å². The molecule has 0 fully saturated rings. The number of phosphoric acid groups is 1. The lowest BCUT2D eigenvalue weighted by Crippen LogP contribution is -2.37. The smallest absolute Gasteiger partial charge is 0.462 e. The Hall–Kier alpha value is -1.25. The van der Waals surface area contributed by atoms with Crippen LogP contribution in [0.1, 0.15) is 149 Å². The van der Waals surface area contributed by atoms with E-state index in [-0.39, 0.29) is 25.6 Å². The van der Waals surface area contributed by atoms with Crippen molar-refractivity contribution in [3.05, 3.63) is 12.2 Å². The number of hydrogen-bond acceptors (Lipinski definition) is 7. The van der Waals surface area contributed by atoms with E-state index in [1.54, 1.807) is 0 Å². The third kappa shape index (κ3) is 32.5. The van der Waals surface area contributed by atoms with Gasteiger partial charge in [0.05, 0.1) is 27.7 Å². The van der Waals surface area contributed by atoms with Crippen LogP contribution in [-0.2, 0) is 32.7 Å². The zero-order valence-electron chi connectivity index (χ0n) is 29.6. The molecule has 0 aliphatic rings. The number of phosphoric ester groups is 1. The van der Waals surface area contributed by atoms with Gasteiger partial charge in [-0.2, -0.15) is 0 Å². The van der Waals surface area contributed by atoms with Crippen molar-refractivity contribution in [3.8, 4) is 0 Å². The second-order valence-corrected chi connectivity index (χ2v) is 14.7. The highest BCUT2D eigenvalue weighted by atomic mass is 31.2. The van der Waals surface area contributed by atoms with Crippen molar-refractivity contribution in [2.24, 2.45) is 0 Å². The molecule has 0 radical (unpaired) electrons. The van der Waals surface area contributed by atoms with Gasteiger partial charge in [-0.1, -0.05) is 116 Å². The first-order valence-electron chi connectivity index (χ1n) is 17.9. The fourth-order valence-corrected chi connectivity index (χ4v) is 5.46. The molecule has 0 spiro atoms. The number of ether oxygens (including phenoxy) is 2. The van der Waals surface area contributed by atoms with Gasteiger partial charge in [-0.05, 0) is 32.1 Å². The first-order chi connectivity index (χ1) is 21.5. The van der Waals surface area contributed by atoms with Gasteiger partial charge in [-0.3, -0.25) is 18.6 Å². The largest absolute Gasteiger partial charge is 0.472 e. The molecule has 10 heteroatoms. The summed E-state index contributed by atoms with van der Waals surface area (Å²) >= 11 is 0. The lowest BCUT2D eigenvalue weighted by Gasteiger charge is -2.24.